The number of carboxylic acid groups (broad SMARTS) is 1. The molecular formula is C13H16N4O4. The highest BCUT2D eigenvalue weighted by Gasteiger charge is 2.36. The fourth-order valence-electron chi connectivity index (χ4n) is 2.17. The Kier molecular flexibility index (Phi) is 4.36. The zero-order valence-electron chi connectivity index (χ0n) is 11.5. The van der Waals surface area contributed by atoms with Crippen molar-refractivity contribution in [2.75, 3.05) is 25.0 Å². The van der Waals surface area contributed by atoms with E-state index in [-0.39, 0.29) is 6.54 Å². The molecule has 0 spiro atoms. The summed E-state index contributed by atoms with van der Waals surface area (Å²) in [4.78, 5) is 41.7. The molecule has 3 amide bonds. The van der Waals surface area contributed by atoms with Crippen LogP contribution >= 0.6 is 0 Å². The third-order valence-electron chi connectivity index (χ3n) is 3.26. The van der Waals surface area contributed by atoms with Crippen LogP contribution in [0.2, 0.25) is 0 Å². The van der Waals surface area contributed by atoms with Gasteiger partial charge in [0.1, 0.15) is 6.04 Å². The lowest BCUT2D eigenvalue weighted by molar-refractivity contribution is -0.142. The molecule has 0 radical (unpaired) electrons. The van der Waals surface area contributed by atoms with Crippen LogP contribution in [0.3, 0.4) is 0 Å². The number of carbonyl (C=O) groups excluding carboxylic acids is 2. The number of carboxylic acids is 1. The fourth-order valence-corrected chi connectivity index (χ4v) is 2.17. The van der Waals surface area contributed by atoms with Gasteiger partial charge in [-0.05, 0) is 12.1 Å². The van der Waals surface area contributed by atoms with E-state index in [4.69, 9.17) is 5.11 Å². The topological polar surface area (TPSA) is 103 Å². The SMILES string of the molecule is CN(C(=O)N1CCNC(=O)C1CC(=O)O)c1cccnc1. The number of aromatic nitrogens is 1. The van der Waals surface area contributed by atoms with Crippen molar-refractivity contribution in [3.8, 4) is 0 Å². The molecular weight excluding hydrogens is 276 g/mol. The molecule has 1 aromatic heterocycles. The van der Waals surface area contributed by atoms with Crippen molar-refractivity contribution >= 4 is 23.6 Å². The van der Waals surface area contributed by atoms with Gasteiger partial charge in [0.05, 0.1) is 18.3 Å². The van der Waals surface area contributed by atoms with Crippen molar-refractivity contribution in [2.24, 2.45) is 0 Å². The summed E-state index contributed by atoms with van der Waals surface area (Å²) < 4.78 is 0. The average molecular weight is 292 g/mol. The second kappa shape index (κ2) is 6.21. The molecule has 112 valence electrons. The molecule has 1 aliphatic rings. The number of aliphatic carboxylic acids is 1. The zero-order valence-corrected chi connectivity index (χ0v) is 11.5. The molecule has 0 saturated carbocycles. The summed E-state index contributed by atoms with van der Waals surface area (Å²) in [5.41, 5.74) is 0.572. The van der Waals surface area contributed by atoms with E-state index in [0.29, 0.717) is 12.2 Å². The summed E-state index contributed by atoms with van der Waals surface area (Å²) in [6.07, 6.45) is 2.69. The van der Waals surface area contributed by atoms with Crippen molar-refractivity contribution in [2.45, 2.75) is 12.5 Å². The van der Waals surface area contributed by atoms with Gasteiger partial charge >= 0.3 is 12.0 Å². The van der Waals surface area contributed by atoms with E-state index in [1.807, 2.05) is 0 Å². The van der Waals surface area contributed by atoms with Gasteiger partial charge in [-0.3, -0.25) is 19.5 Å². The maximum Gasteiger partial charge on any atom is 0.325 e. The number of anilines is 1. The van der Waals surface area contributed by atoms with Crippen molar-refractivity contribution in [1.29, 1.82) is 0 Å². The largest absolute Gasteiger partial charge is 0.481 e. The number of carbonyl (C=O) groups is 3. The van der Waals surface area contributed by atoms with Crippen LogP contribution in [0.15, 0.2) is 24.5 Å². The predicted molar refractivity (Wildman–Crippen MR) is 73.8 cm³/mol. The molecule has 1 saturated heterocycles. The third-order valence-corrected chi connectivity index (χ3v) is 3.26. The van der Waals surface area contributed by atoms with Crippen LogP contribution in [0.5, 0.6) is 0 Å². The summed E-state index contributed by atoms with van der Waals surface area (Å²) >= 11 is 0. The van der Waals surface area contributed by atoms with Gasteiger partial charge in [-0.2, -0.15) is 0 Å². The first-order chi connectivity index (χ1) is 10.0. The maximum atomic E-state index is 12.5. The highest BCUT2D eigenvalue weighted by molar-refractivity contribution is 5.97. The van der Waals surface area contributed by atoms with Gasteiger partial charge in [-0.1, -0.05) is 0 Å². The average Bonchev–Trinajstić information content (AvgIpc) is 2.48. The lowest BCUT2D eigenvalue weighted by atomic mass is 10.1. The predicted octanol–water partition coefficient (Wildman–Crippen LogP) is -0.0871. The molecule has 21 heavy (non-hydrogen) atoms. The lowest BCUT2D eigenvalue weighted by Gasteiger charge is -2.36. The smallest absolute Gasteiger partial charge is 0.325 e. The molecule has 2 rings (SSSR count). The van der Waals surface area contributed by atoms with Crippen LogP contribution in [-0.2, 0) is 9.59 Å². The molecule has 1 atom stereocenters. The van der Waals surface area contributed by atoms with Gasteiger partial charge in [0, 0.05) is 26.3 Å². The molecule has 0 aliphatic carbocycles. The third kappa shape index (κ3) is 3.28. The number of nitrogens with one attached hydrogen (secondary N) is 1. The van der Waals surface area contributed by atoms with Gasteiger partial charge < -0.3 is 15.3 Å². The van der Waals surface area contributed by atoms with Crippen molar-refractivity contribution in [3.05, 3.63) is 24.5 Å². The Morgan fingerprint density at radius 1 is 1.57 bits per heavy atom. The number of urea groups is 1. The molecule has 1 aliphatic heterocycles. The van der Waals surface area contributed by atoms with Gasteiger partial charge in [0.15, 0.2) is 0 Å². The molecule has 1 unspecified atom stereocenters. The Morgan fingerprint density at radius 2 is 2.33 bits per heavy atom. The van der Waals surface area contributed by atoms with Crippen molar-refractivity contribution in [3.63, 3.8) is 0 Å². The van der Waals surface area contributed by atoms with Crippen LogP contribution in [0.4, 0.5) is 10.5 Å². The highest BCUT2D eigenvalue weighted by Crippen LogP contribution is 2.16. The van der Waals surface area contributed by atoms with Gasteiger partial charge in [0.25, 0.3) is 0 Å². The second-order valence-electron chi connectivity index (χ2n) is 4.65. The molecule has 1 fully saturated rings. The quantitative estimate of drug-likeness (QED) is 0.810. The Bertz CT molecular complexity index is 548. The van der Waals surface area contributed by atoms with E-state index < -0.39 is 30.4 Å². The van der Waals surface area contributed by atoms with Gasteiger partial charge in [-0.15, -0.1) is 0 Å². The molecule has 2 N–H and O–H groups in total. The Balaban J connectivity index is 2.19. The highest BCUT2D eigenvalue weighted by atomic mass is 16.4. The number of nitrogens with zero attached hydrogens (tertiary/aromatic N) is 3. The van der Waals surface area contributed by atoms with Crippen LogP contribution in [0.1, 0.15) is 6.42 Å². The van der Waals surface area contributed by atoms with Crippen molar-refractivity contribution < 1.29 is 19.5 Å². The summed E-state index contributed by atoms with van der Waals surface area (Å²) in [6.45, 7) is 0.578. The van der Waals surface area contributed by atoms with Crippen LogP contribution in [0, 0.1) is 0 Å². The van der Waals surface area contributed by atoms with Crippen LogP contribution in [-0.4, -0.2) is 59.1 Å². The monoisotopic (exact) mass is 292 g/mol. The number of rotatable bonds is 3. The minimum Gasteiger partial charge on any atom is -0.481 e. The summed E-state index contributed by atoms with van der Waals surface area (Å²) in [6, 6.07) is 1.98. The Labute approximate surface area is 121 Å². The summed E-state index contributed by atoms with van der Waals surface area (Å²) in [5, 5.41) is 11.5. The van der Waals surface area contributed by atoms with Crippen LogP contribution < -0.4 is 10.2 Å². The van der Waals surface area contributed by atoms with Crippen molar-refractivity contribution in [1.82, 2.24) is 15.2 Å². The number of pyridine rings is 1. The molecule has 0 bridgehead atoms. The lowest BCUT2D eigenvalue weighted by Crippen LogP contribution is -2.60. The van der Waals surface area contributed by atoms with Crippen LogP contribution in [0.25, 0.3) is 0 Å². The minimum atomic E-state index is -1.13. The van der Waals surface area contributed by atoms with E-state index in [2.05, 4.69) is 10.3 Å². The first-order valence-corrected chi connectivity index (χ1v) is 6.44. The van der Waals surface area contributed by atoms with Gasteiger partial charge in [-0.25, -0.2) is 4.79 Å². The Hall–Kier alpha value is -2.64. The standard InChI is InChI=1S/C13H16N4O4/c1-16(9-3-2-4-14-8-9)13(21)17-6-5-15-12(20)10(17)7-11(18)19/h2-4,8,10H,5-7H2,1H3,(H,15,20)(H,18,19). The van der Waals surface area contributed by atoms with E-state index in [1.54, 1.807) is 25.4 Å². The van der Waals surface area contributed by atoms with E-state index >= 15 is 0 Å². The number of hydrogen-bond acceptors (Lipinski definition) is 4. The number of hydrogen-bond donors (Lipinski definition) is 2. The number of amides is 3. The molecule has 1 aromatic rings. The molecule has 8 heteroatoms. The van der Waals surface area contributed by atoms with E-state index in [1.165, 1.54) is 16.0 Å². The van der Waals surface area contributed by atoms with E-state index in [9.17, 15) is 14.4 Å². The maximum absolute atomic E-state index is 12.5. The normalized spacial score (nSPS) is 18.0. The zero-order chi connectivity index (χ0) is 15.4. The fraction of sp³-hybridized carbons (Fsp3) is 0.385. The van der Waals surface area contributed by atoms with Gasteiger partial charge in [0.2, 0.25) is 5.91 Å². The summed E-state index contributed by atoms with van der Waals surface area (Å²) in [7, 11) is 1.56. The number of piperazine rings is 1. The minimum absolute atomic E-state index is 0.271. The first kappa shape index (κ1) is 14.8. The summed E-state index contributed by atoms with van der Waals surface area (Å²) in [5.74, 6) is -1.57. The second-order valence-corrected chi connectivity index (χ2v) is 4.65. The Morgan fingerprint density at radius 3 is 2.95 bits per heavy atom. The molecule has 2 heterocycles. The first-order valence-electron chi connectivity index (χ1n) is 6.44. The van der Waals surface area contributed by atoms with E-state index in [0.717, 1.165) is 0 Å². The molecule has 0 aromatic carbocycles. The molecule has 8 nitrogen and oxygen atoms in total.